The predicted octanol–water partition coefficient (Wildman–Crippen LogP) is 3.31. The predicted molar refractivity (Wildman–Crippen MR) is 94.8 cm³/mol. The number of nitrogens with zero attached hydrogens (tertiary/aromatic N) is 1. The molecule has 0 amide bonds. The number of aliphatic hydroxyl groups excluding tert-OH is 1. The highest BCUT2D eigenvalue weighted by molar-refractivity contribution is 7.80. The number of hydrogen-bond donors (Lipinski definition) is 2. The Hall–Kier alpha value is -0.350. The lowest BCUT2D eigenvalue weighted by molar-refractivity contribution is -0.0113. The number of nitrogens with one attached hydrogen (secondary N) is 1. The van der Waals surface area contributed by atoms with Crippen molar-refractivity contribution in [3.8, 4) is 0 Å². The molecule has 0 aromatic carbocycles. The summed E-state index contributed by atoms with van der Waals surface area (Å²) in [6.45, 7) is 4.06. The Bertz CT molecular complexity index is 363. The number of thiocarbonyl (C=S) groups is 1. The average Bonchev–Trinajstić information content (AvgIpc) is 2.44. The fraction of sp³-hybridized carbons (Fsp3) is 0.944. The summed E-state index contributed by atoms with van der Waals surface area (Å²) in [7, 11) is 0. The van der Waals surface area contributed by atoms with E-state index in [-0.39, 0.29) is 12.1 Å². The number of aliphatic hydroxyl groups is 1. The Labute approximate surface area is 140 Å². The topological polar surface area (TPSA) is 35.5 Å². The van der Waals surface area contributed by atoms with Gasteiger partial charge in [0.05, 0.1) is 6.61 Å². The van der Waals surface area contributed by atoms with E-state index in [0.29, 0.717) is 6.54 Å². The molecule has 4 fully saturated rings. The maximum atomic E-state index is 9.34. The van der Waals surface area contributed by atoms with E-state index in [1.165, 1.54) is 57.8 Å². The lowest BCUT2D eigenvalue weighted by Gasteiger charge is -2.57. The molecular formula is C18H32N2OS. The molecule has 22 heavy (non-hydrogen) atoms. The summed E-state index contributed by atoms with van der Waals surface area (Å²) in [5.41, 5.74) is 0.282. The lowest BCUT2D eigenvalue weighted by atomic mass is 9.53. The molecule has 0 atom stereocenters. The van der Waals surface area contributed by atoms with Crippen LogP contribution in [0.5, 0.6) is 0 Å². The molecule has 0 aromatic rings. The summed E-state index contributed by atoms with van der Waals surface area (Å²) >= 11 is 5.73. The molecule has 3 nitrogen and oxygen atoms in total. The van der Waals surface area contributed by atoms with Gasteiger partial charge in [-0.05, 0) is 74.9 Å². The highest BCUT2D eigenvalue weighted by atomic mass is 32.1. The van der Waals surface area contributed by atoms with Gasteiger partial charge in [0.25, 0.3) is 0 Å². The minimum absolute atomic E-state index is 0.189. The van der Waals surface area contributed by atoms with Gasteiger partial charge in [0.2, 0.25) is 0 Å². The summed E-state index contributed by atoms with van der Waals surface area (Å²) in [6.07, 6.45) is 12.0. The van der Waals surface area contributed by atoms with Crippen LogP contribution >= 0.6 is 12.2 Å². The van der Waals surface area contributed by atoms with Crippen molar-refractivity contribution in [2.75, 3.05) is 19.7 Å². The van der Waals surface area contributed by atoms with Crippen LogP contribution in [0, 0.1) is 17.8 Å². The maximum Gasteiger partial charge on any atom is 0.169 e. The third-order valence-corrected chi connectivity index (χ3v) is 6.46. The van der Waals surface area contributed by atoms with Gasteiger partial charge in [0, 0.05) is 18.6 Å². The first kappa shape index (κ1) is 16.5. The van der Waals surface area contributed by atoms with E-state index >= 15 is 0 Å². The SMILES string of the molecule is CCCCCN(CCO)C(=S)NC12CC3CC(CC(C3)C1)C2. The molecule has 4 aliphatic carbocycles. The molecule has 0 unspecified atom stereocenters. The molecule has 4 heteroatoms. The van der Waals surface area contributed by atoms with E-state index in [2.05, 4.69) is 17.1 Å². The Balaban J connectivity index is 1.59. The molecule has 126 valence electrons. The first-order valence-electron chi connectivity index (χ1n) is 9.32. The van der Waals surface area contributed by atoms with Gasteiger partial charge in [-0.2, -0.15) is 0 Å². The summed E-state index contributed by atoms with van der Waals surface area (Å²) in [4.78, 5) is 2.20. The summed E-state index contributed by atoms with van der Waals surface area (Å²) < 4.78 is 0. The highest BCUT2D eigenvalue weighted by Crippen LogP contribution is 2.55. The summed E-state index contributed by atoms with van der Waals surface area (Å²) in [5.74, 6) is 2.81. The molecule has 0 aromatic heterocycles. The molecule has 4 rings (SSSR count). The van der Waals surface area contributed by atoms with Crippen molar-refractivity contribution in [2.45, 2.75) is 70.3 Å². The van der Waals surface area contributed by atoms with Gasteiger partial charge >= 0.3 is 0 Å². The van der Waals surface area contributed by atoms with Crippen LogP contribution in [-0.2, 0) is 0 Å². The largest absolute Gasteiger partial charge is 0.395 e. The standard InChI is InChI=1S/C18H32N2OS/c1-2-3-4-5-20(6-7-21)17(22)19-18-11-14-8-15(12-18)10-16(9-14)13-18/h14-16,21H,2-13H2,1H3,(H,19,22). The van der Waals surface area contributed by atoms with Gasteiger partial charge in [-0.15, -0.1) is 0 Å². The van der Waals surface area contributed by atoms with Crippen molar-refractivity contribution >= 4 is 17.3 Å². The third kappa shape index (κ3) is 3.59. The van der Waals surface area contributed by atoms with Crippen LogP contribution in [-0.4, -0.2) is 40.4 Å². The quantitative estimate of drug-likeness (QED) is 0.556. The molecule has 2 N–H and O–H groups in total. The fourth-order valence-corrected chi connectivity index (χ4v) is 5.96. The van der Waals surface area contributed by atoms with Crippen molar-refractivity contribution in [1.29, 1.82) is 0 Å². The third-order valence-electron chi connectivity index (χ3n) is 6.10. The molecule has 0 radical (unpaired) electrons. The van der Waals surface area contributed by atoms with Crippen molar-refractivity contribution in [1.82, 2.24) is 10.2 Å². The van der Waals surface area contributed by atoms with Crippen LogP contribution in [0.15, 0.2) is 0 Å². The Kier molecular flexibility index (Phi) is 5.28. The minimum Gasteiger partial charge on any atom is -0.395 e. The van der Waals surface area contributed by atoms with Crippen molar-refractivity contribution in [3.63, 3.8) is 0 Å². The van der Waals surface area contributed by atoms with E-state index in [1.54, 1.807) is 0 Å². The smallest absolute Gasteiger partial charge is 0.169 e. The highest BCUT2D eigenvalue weighted by Gasteiger charge is 2.51. The van der Waals surface area contributed by atoms with Crippen molar-refractivity contribution < 1.29 is 5.11 Å². The van der Waals surface area contributed by atoms with E-state index < -0.39 is 0 Å². The Morgan fingerprint density at radius 1 is 1.09 bits per heavy atom. The fourth-order valence-electron chi connectivity index (χ4n) is 5.56. The van der Waals surface area contributed by atoms with E-state index in [9.17, 15) is 5.11 Å². The van der Waals surface area contributed by atoms with Gasteiger partial charge in [0.1, 0.15) is 0 Å². The van der Waals surface area contributed by atoms with Crippen LogP contribution in [0.3, 0.4) is 0 Å². The molecule has 4 saturated carbocycles. The monoisotopic (exact) mass is 324 g/mol. The minimum atomic E-state index is 0.189. The van der Waals surface area contributed by atoms with Gasteiger partial charge in [-0.25, -0.2) is 0 Å². The van der Waals surface area contributed by atoms with Crippen LogP contribution in [0.1, 0.15) is 64.7 Å². The molecule has 4 aliphatic rings. The van der Waals surface area contributed by atoms with Crippen LogP contribution < -0.4 is 5.32 Å². The molecule has 0 heterocycles. The second kappa shape index (κ2) is 7.04. The summed E-state index contributed by atoms with van der Waals surface area (Å²) in [6, 6.07) is 0. The Morgan fingerprint density at radius 2 is 1.68 bits per heavy atom. The number of rotatable bonds is 7. The maximum absolute atomic E-state index is 9.34. The number of hydrogen-bond acceptors (Lipinski definition) is 2. The normalized spacial score (nSPS) is 35.6. The van der Waals surface area contributed by atoms with Gasteiger partial charge in [-0.3, -0.25) is 0 Å². The molecule has 4 bridgehead atoms. The lowest BCUT2D eigenvalue weighted by Crippen LogP contribution is -2.62. The molecule has 0 aliphatic heterocycles. The second-order valence-corrected chi connectivity index (χ2v) is 8.43. The van der Waals surface area contributed by atoms with Crippen LogP contribution in [0.2, 0.25) is 0 Å². The second-order valence-electron chi connectivity index (χ2n) is 8.05. The van der Waals surface area contributed by atoms with Crippen LogP contribution in [0.4, 0.5) is 0 Å². The Morgan fingerprint density at radius 3 is 2.18 bits per heavy atom. The van der Waals surface area contributed by atoms with Gasteiger partial charge in [0.15, 0.2) is 5.11 Å². The molecular weight excluding hydrogens is 292 g/mol. The van der Waals surface area contributed by atoms with Crippen LogP contribution in [0.25, 0.3) is 0 Å². The first-order valence-corrected chi connectivity index (χ1v) is 9.73. The zero-order valence-corrected chi connectivity index (χ0v) is 14.8. The van der Waals surface area contributed by atoms with Crippen molar-refractivity contribution in [3.05, 3.63) is 0 Å². The van der Waals surface area contributed by atoms with E-state index in [4.69, 9.17) is 12.2 Å². The van der Waals surface area contributed by atoms with Gasteiger partial charge < -0.3 is 15.3 Å². The molecule has 0 saturated heterocycles. The van der Waals surface area contributed by atoms with Crippen molar-refractivity contribution in [2.24, 2.45) is 17.8 Å². The van der Waals surface area contributed by atoms with E-state index in [0.717, 1.165) is 29.4 Å². The molecule has 0 spiro atoms. The summed E-state index contributed by atoms with van der Waals surface area (Å²) in [5, 5.41) is 14.0. The zero-order chi connectivity index (χ0) is 15.6. The van der Waals surface area contributed by atoms with E-state index in [1.807, 2.05) is 0 Å². The number of unbranched alkanes of at least 4 members (excludes halogenated alkanes) is 2. The first-order chi connectivity index (χ1) is 10.6. The zero-order valence-electron chi connectivity index (χ0n) is 14.0. The van der Waals surface area contributed by atoms with Gasteiger partial charge in [-0.1, -0.05) is 19.8 Å². The average molecular weight is 325 g/mol.